The normalized spacial score (nSPS) is 10.9. The fourth-order valence-corrected chi connectivity index (χ4v) is 3.22. The minimum Gasteiger partial charge on any atom is -0.497 e. The molecule has 102 valence electrons. The van der Waals surface area contributed by atoms with Gasteiger partial charge < -0.3 is 9.30 Å². The van der Waals surface area contributed by atoms with E-state index in [0.29, 0.717) is 0 Å². The predicted molar refractivity (Wildman–Crippen MR) is 92.2 cm³/mol. The first kappa shape index (κ1) is 13.9. The molecule has 3 nitrogen and oxygen atoms in total. The lowest BCUT2D eigenvalue weighted by Crippen LogP contribution is -1.99. The Morgan fingerprint density at radius 2 is 2.05 bits per heavy atom. The van der Waals surface area contributed by atoms with Crippen LogP contribution < -0.4 is 4.74 Å². The summed E-state index contributed by atoms with van der Waals surface area (Å²) >= 11 is 5.82. The van der Waals surface area contributed by atoms with Crippen molar-refractivity contribution in [1.29, 1.82) is 0 Å². The van der Waals surface area contributed by atoms with E-state index in [9.17, 15) is 0 Å². The standard InChI is InChI=1S/C15H12BrIN2O/c1-20-12-4-2-10(3-5-12)8-19-9-14(17)13-6-11(16)7-18-15(13)19/h2-7,9H,8H2,1H3. The number of rotatable bonds is 3. The maximum atomic E-state index is 5.18. The molecule has 0 saturated carbocycles. The summed E-state index contributed by atoms with van der Waals surface area (Å²) in [5.74, 6) is 0.878. The molecule has 0 aliphatic heterocycles. The van der Waals surface area contributed by atoms with Gasteiger partial charge in [-0.15, -0.1) is 0 Å². The van der Waals surface area contributed by atoms with Crippen LogP contribution in [0.5, 0.6) is 5.75 Å². The Bertz CT molecular complexity index is 752. The van der Waals surface area contributed by atoms with Gasteiger partial charge in [-0.25, -0.2) is 4.98 Å². The Morgan fingerprint density at radius 3 is 2.75 bits per heavy atom. The number of hydrogen-bond donors (Lipinski definition) is 0. The summed E-state index contributed by atoms with van der Waals surface area (Å²) in [6, 6.07) is 10.2. The van der Waals surface area contributed by atoms with E-state index in [1.807, 2.05) is 18.3 Å². The average molecular weight is 443 g/mol. The largest absolute Gasteiger partial charge is 0.497 e. The molecular formula is C15H12BrIN2O. The number of fused-ring (bicyclic) bond motifs is 1. The number of ether oxygens (including phenoxy) is 1. The van der Waals surface area contributed by atoms with Gasteiger partial charge in [-0.2, -0.15) is 0 Å². The Morgan fingerprint density at radius 1 is 1.30 bits per heavy atom. The summed E-state index contributed by atoms with van der Waals surface area (Å²) in [7, 11) is 1.68. The number of aromatic nitrogens is 2. The lowest BCUT2D eigenvalue weighted by atomic mass is 10.2. The van der Waals surface area contributed by atoms with Gasteiger partial charge >= 0.3 is 0 Å². The molecule has 20 heavy (non-hydrogen) atoms. The van der Waals surface area contributed by atoms with Gasteiger partial charge in [0, 0.05) is 32.4 Å². The summed E-state index contributed by atoms with van der Waals surface area (Å²) in [6.07, 6.45) is 3.97. The highest BCUT2D eigenvalue weighted by Gasteiger charge is 2.08. The number of hydrogen-bond acceptors (Lipinski definition) is 2. The highest BCUT2D eigenvalue weighted by Crippen LogP contribution is 2.25. The summed E-state index contributed by atoms with van der Waals surface area (Å²) in [5, 5.41) is 1.17. The molecule has 2 aromatic heterocycles. The Hall–Kier alpha value is -1.08. The van der Waals surface area contributed by atoms with Crippen LogP contribution in [0.2, 0.25) is 0 Å². The van der Waals surface area contributed by atoms with Crippen LogP contribution in [-0.4, -0.2) is 16.7 Å². The summed E-state index contributed by atoms with van der Waals surface area (Å²) in [4.78, 5) is 4.52. The van der Waals surface area contributed by atoms with Crippen molar-refractivity contribution in [3.05, 3.63) is 56.3 Å². The van der Waals surface area contributed by atoms with Gasteiger partial charge in [0.05, 0.1) is 7.11 Å². The second-order valence-electron chi connectivity index (χ2n) is 4.48. The third-order valence-corrected chi connectivity index (χ3v) is 4.44. The van der Waals surface area contributed by atoms with Gasteiger partial charge in [0.25, 0.3) is 0 Å². The molecule has 0 spiro atoms. The molecule has 1 aromatic carbocycles. The van der Waals surface area contributed by atoms with Crippen molar-refractivity contribution in [2.24, 2.45) is 0 Å². The molecule has 3 aromatic rings. The van der Waals surface area contributed by atoms with Gasteiger partial charge in [-0.1, -0.05) is 12.1 Å². The van der Waals surface area contributed by atoms with Crippen molar-refractivity contribution in [3.8, 4) is 5.75 Å². The molecule has 0 bridgehead atoms. The van der Waals surface area contributed by atoms with E-state index >= 15 is 0 Å². The molecule has 0 aliphatic carbocycles. The zero-order chi connectivity index (χ0) is 14.1. The number of nitrogens with zero attached hydrogens (tertiary/aromatic N) is 2. The minimum atomic E-state index is 0.804. The van der Waals surface area contributed by atoms with Crippen molar-refractivity contribution in [2.45, 2.75) is 6.54 Å². The van der Waals surface area contributed by atoms with Crippen molar-refractivity contribution in [2.75, 3.05) is 7.11 Å². The van der Waals surface area contributed by atoms with Crippen LogP contribution in [0.25, 0.3) is 11.0 Å². The summed E-state index contributed by atoms with van der Waals surface area (Å²) in [6.45, 7) is 0.804. The van der Waals surface area contributed by atoms with Crippen molar-refractivity contribution < 1.29 is 4.74 Å². The molecule has 0 N–H and O–H groups in total. The van der Waals surface area contributed by atoms with E-state index in [-0.39, 0.29) is 0 Å². The van der Waals surface area contributed by atoms with Crippen LogP contribution in [0.3, 0.4) is 0 Å². The first-order valence-electron chi connectivity index (χ1n) is 6.10. The molecule has 0 amide bonds. The maximum absolute atomic E-state index is 5.18. The second kappa shape index (κ2) is 5.73. The molecular weight excluding hydrogens is 431 g/mol. The fraction of sp³-hybridized carbons (Fsp3) is 0.133. The van der Waals surface area contributed by atoms with Gasteiger partial charge in [0.1, 0.15) is 11.4 Å². The minimum absolute atomic E-state index is 0.804. The van der Waals surface area contributed by atoms with Crippen molar-refractivity contribution in [3.63, 3.8) is 0 Å². The fourth-order valence-electron chi connectivity index (χ4n) is 2.15. The number of benzene rings is 1. The van der Waals surface area contributed by atoms with E-state index in [2.05, 4.69) is 72.5 Å². The van der Waals surface area contributed by atoms with Gasteiger partial charge in [-0.05, 0) is 62.3 Å². The Labute approximate surface area is 139 Å². The first-order chi connectivity index (χ1) is 9.67. The van der Waals surface area contributed by atoms with Crippen LogP contribution in [0, 0.1) is 3.57 Å². The lowest BCUT2D eigenvalue weighted by molar-refractivity contribution is 0.414. The van der Waals surface area contributed by atoms with E-state index < -0.39 is 0 Å². The molecule has 5 heteroatoms. The molecule has 2 heterocycles. The third kappa shape index (κ3) is 2.69. The molecule has 0 atom stereocenters. The van der Waals surface area contributed by atoms with Gasteiger partial charge in [0.15, 0.2) is 0 Å². The van der Waals surface area contributed by atoms with E-state index in [4.69, 9.17) is 4.74 Å². The topological polar surface area (TPSA) is 27.1 Å². The predicted octanol–water partition coefficient (Wildman–Crippen LogP) is 4.46. The Balaban J connectivity index is 1.97. The van der Waals surface area contributed by atoms with Crippen molar-refractivity contribution in [1.82, 2.24) is 9.55 Å². The van der Waals surface area contributed by atoms with Gasteiger partial charge in [-0.3, -0.25) is 0 Å². The quantitative estimate of drug-likeness (QED) is 0.560. The highest BCUT2D eigenvalue weighted by molar-refractivity contribution is 14.1. The van der Waals surface area contributed by atoms with E-state index in [1.54, 1.807) is 7.11 Å². The second-order valence-corrected chi connectivity index (χ2v) is 6.56. The third-order valence-electron chi connectivity index (χ3n) is 3.14. The monoisotopic (exact) mass is 442 g/mol. The van der Waals surface area contributed by atoms with E-state index in [0.717, 1.165) is 22.4 Å². The highest BCUT2D eigenvalue weighted by atomic mass is 127. The van der Waals surface area contributed by atoms with E-state index in [1.165, 1.54) is 14.5 Å². The molecule has 0 unspecified atom stereocenters. The maximum Gasteiger partial charge on any atom is 0.141 e. The molecule has 0 aliphatic rings. The summed E-state index contributed by atoms with van der Waals surface area (Å²) in [5.41, 5.74) is 2.23. The van der Waals surface area contributed by atoms with Crippen molar-refractivity contribution >= 4 is 49.6 Å². The number of pyridine rings is 1. The number of halogens is 2. The van der Waals surface area contributed by atoms with Crippen LogP contribution in [0.4, 0.5) is 0 Å². The molecule has 0 radical (unpaired) electrons. The average Bonchev–Trinajstić information content (AvgIpc) is 2.76. The summed E-state index contributed by atoms with van der Waals surface area (Å²) < 4.78 is 9.57. The van der Waals surface area contributed by atoms with Crippen LogP contribution in [-0.2, 0) is 6.54 Å². The van der Waals surface area contributed by atoms with Crippen LogP contribution in [0.1, 0.15) is 5.56 Å². The first-order valence-corrected chi connectivity index (χ1v) is 7.97. The smallest absolute Gasteiger partial charge is 0.141 e. The molecule has 3 rings (SSSR count). The van der Waals surface area contributed by atoms with Crippen LogP contribution >= 0.6 is 38.5 Å². The molecule has 0 saturated heterocycles. The lowest BCUT2D eigenvalue weighted by Gasteiger charge is -2.06. The Kier molecular flexibility index (Phi) is 3.98. The number of methoxy groups -OCH3 is 1. The zero-order valence-electron chi connectivity index (χ0n) is 10.8. The zero-order valence-corrected chi connectivity index (χ0v) is 14.6. The van der Waals surface area contributed by atoms with Crippen LogP contribution in [0.15, 0.2) is 47.2 Å². The SMILES string of the molecule is COc1ccc(Cn2cc(I)c3cc(Br)cnc32)cc1. The van der Waals surface area contributed by atoms with Gasteiger partial charge in [0.2, 0.25) is 0 Å². The molecule has 0 fully saturated rings.